The van der Waals surface area contributed by atoms with E-state index in [9.17, 15) is 4.79 Å². The number of aromatic nitrogens is 4. The molecule has 1 amide bonds. The summed E-state index contributed by atoms with van der Waals surface area (Å²) in [6.45, 7) is 0. The number of ether oxygens (including phenoxy) is 1. The third kappa shape index (κ3) is 7.10. The van der Waals surface area contributed by atoms with Gasteiger partial charge >= 0.3 is 0 Å². The van der Waals surface area contributed by atoms with Crippen molar-refractivity contribution in [2.24, 2.45) is 0 Å². The molecule has 2 heterocycles. The molecule has 0 unspecified atom stereocenters. The number of nitrogens with one attached hydrogen (secondary N) is 1. The van der Waals surface area contributed by atoms with E-state index in [2.05, 4.69) is 64.0 Å². The van der Waals surface area contributed by atoms with E-state index in [0.717, 1.165) is 37.2 Å². The van der Waals surface area contributed by atoms with E-state index >= 15 is 0 Å². The average Bonchev–Trinajstić information content (AvgIpc) is 3.74. The Kier molecular flexibility index (Phi) is 9.32. The van der Waals surface area contributed by atoms with Crippen molar-refractivity contribution < 1.29 is 9.53 Å². The first-order valence-corrected chi connectivity index (χ1v) is 17.6. The summed E-state index contributed by atoms with van der Waals surface area (Å²) in [5.41, 5.74) is 5.91. The molecule has 0 aliphatic carbocycles. The number of nitrogens with zero attached hydrogens (tertiary/aromatic N) is 4. The molecule has 0 aliphatic rings. The quantitative estimate of drug-likeness (QED) is 0.137. The zero-order valence-electron chi connectivity index (χ0n) is 25.3. The lowest BCUT2D eigenvalue weighted by Gasteiger charge is -2.16. The molecule has 0 aliphatic heterocycles. The molecule has 0 spiro atoms. The number of carbonyl (C=O) groups is 1. The highest BCUT2D eigenvalue weighted by Crippen LogP contribution is 2.43. The summed E-state index contributed by atoms with van der Waals surface area (Å²) in [7, 11) is 1.64. The molecule has 0 saturated carbocycles. The van der Waals surface area contributed by atoms with Crippen LogP contribution in [0.3, 0.4) is 0 Å². The van der Waals surface area contributed by atoms with Gasteiger partial charge in [-0.2, -0.15) is 0 Å². The van der Waals surface area contributed by atoms with Crippen LogP contribution in [0.15, 0.2) is 143 Å². The molecular weight excluding hydrogens is 643 g/mol. The first kappa shape index (κ1) is 30.7. The third-order valence-corrected chi connectivity index (χ3v) is 10.8. The van der Waals surface area contributed by atoms with Crippen LogP contribution >= 0.6 is 34.9 Å². The predicted octanol–water partition coefficient (Wildman–Crippen LogP) is 9.17. The number of rotatable bonds is 11. The van der Waals surface area contributed by atoms with E-state index in [0.29, 0.717) is 11.0 Å². The number of carbonyl (C=O) groups excluding carboxylic acids is 1. The Bertz CT molecular complexity index is 2060. The summed E-state index contributed by atoms with van der Waals surface area (Å²) in [5, 5.41) is 12.8. The maximum Gasteiger partial charge on any atom is 0.234 e. The van der Waals surface area contributed by atoms with Gasteiger partial charge in [0.2, 0.25) is 5.91 Å². The normalized spacial score (nSPS) is 11.2. The van der Waals surface area contributed by atoms with Gasteiger partial charge in [-0.05, 0) is 65.7 Å². The maximum atomic E-state index is 13.2. The summed E-state index contributed by atoms with van der Waals surface area (Å²) >= 11 is 4.72. The van der Waals surface area contributed by atoms with Gasteiger partial charge in [-0.25, -0.2) is 4.98 Å². The van der Waals surface area contributed by atoms with Gasteiger partial charge < -0.3 is 10.1 Å². The Hall–Kier alpha value is -4.90. The second-order valence-corrected chi connectivity index (χ2v) is 13.8. The maximum absolute atomic E-state index is 13.2. The van der Waals surface area contributed by atoms with Gasteiger partial charge in [-0.3, -0.25) is 9.36 Å². The molecule has 0 saturated heterocycles. The molecule has 232 valence electrons. The van der Waals surface area contributed by atoms with Crippen LogP contribution in [-0.4, -0.2) is 38.5 Å². The minimum atomic E-state index is -0.129. The molecule has 0 fully saturated rings. The van der Waals surface area contributed by atoms with E-state index < -0.39 is 0 Å². The largest absolute Gasteiger partial charge is 0.497 e. The van der Waals surface area contributed by atoms with Crippen LogP contribution in [0.2, 0.25) is 0 Å². The molecule has 7 rings (SSSR count). The Labute approximate surface area is 285 Å². The van der Waals surface area contributed by atoms with E-state index in [-0.39, 0.29) is 16.9 Å². The molecule has 0 bridgehead atoms. The van der Waals surface area contributed by atoms with Gasteiger partial charge in [0.1, 0.15) is 5.75 Å². The average molecular weight is 672 g/mol. The smallest absolute Gasteiger partial charge is 0.234 e. The number of anilines is 1. The summed E-state index contributed by atoms with van der Waals surface area (Å²) in [5.74, 6) is 1.50. The molecule has 0 atom stereocenters. The van der Waals surface area contributed by atoms with Crippen LogP contribution in [0.4, 0.5) is 5.69 Å². The number of thioether (sulfide) groups is 2. The molecule has 2 aromatic heterocycles. The highest BCUT2D eigenvalue weighted by Gasteiger charge is 2.20. The zero-order chi connectivity index (χ0) is 32.0. The number of thiazole rings is 1. The Morgan fingerprint density at radius 2 is 1.49 bits per heavy atom. The van der Waals surface area contributed by atoms with Crippen LogP contribution in [0.5, 0.6) is 5.75 Å². The van der Waals surface area contributed by atoms with Crippen molar-refractivity contribution >= 4 is 56.7 Å². The van der Waals surface area contributed by atoms with Crippen LogP contribution in [0.1, 0.15) is 16.4 Å². The molecule has 47 heavy (non-hydrogen) atoms. The lowest BCUT2D eigenvalue weighted by molar-refractivity contribution is -0.113. The molecule has 7 aromatic rings. The number of methoxy groups -OCH3 is 1. The zero-order valence-corrected chi connectivity index (χ0v) is 27.8. The first-order valence-electron chi connectivity index (χ1n) is 14.9. The van der Waals surface area contributed by atoms with Gasteiger partial charge in [0.25, 0.3) is 0 Å². The lowest BCUT2D eigenvalue weighted by atomic mass is 10.0. The van der Waals surface area contributed by atoms with Gasteiger partial charge in [0.05, 0.1) is 28.3 Å². The van der Waals surface area contributed by atoms with E-state index in [1.807, 2.05) is 89.5 Å². The van der Waals surface area contributed by atoms with Crippen molar-refractivity contribution in [3.63, 3.8) is 0 Å². The number of benzene rings is 5. The summed E-state index contributed by atoms with van der Waals surface area (Å²) in [6.07, 6.45) is 0. The molecule has 0 radical (unpaired) electrons. The van der Waals surface area contributed by atoms with Gasteiger partial charge in [-0.1, -0.05) is 102 Å². The van der Waals surface area contributed by atoms with Gasteiger partial charge in [-0.15, -0.1) is 21.5 Å². The van der Waals surface area contributed by atoms with Crippen molar-refractivity contribution in [1.82, 2.24) is 19.7 Å². The fourth-order valence-corrected chi connectivity index (χ4v) is 8.32. The molecule has 7 nitrogen and oxygen atoms in total. The minimum absolute atomic E-state index is 0.123. The van der Waals surface area contributed by atoms with Gasteiger partial charge in [0.15, 0.2) is 15.3 Å². The molecule has 5 aromatic carbocycles. The second-order valence-electron chi connectivity index (χ2n) is 10.5. The lowest BCUT2D eigenvalue weighted by Crippen LogP contribution is -2.14. The number of hydrogen-bond acceptors (Lipinski definition) is 8. The fourth-order valence-electron chi connectivity index (χ4n) is 5.14. The van der Waals surface area contributed by atoms with E-state index in [1.54, 1.807) is 30.2 Å². The van der Waals surface area contributed by atoms with Crippen molar-refractivity contribution in [2.45, 2.75) is 14.7 Å². The fraction of sp³-hybridized carbons (Fsp3) is 0.0811. The summed E-state index contributed by atoms with van der Waals surface area (Å²) in [4.78, 5) is 18.1. The monoisotopic (exact) mass is 671 g/mol. The molecular formula is C37H29N5O2S3. The Morgan fingerprint density at radius 1 is 0.830 bits per heavy atom. The SMILES string of the molecule is COc1ccc(-c2nnc(SCC(=O)Nc3ccc4nc(SC(c5ccccc5)c5ccccc5)sc4c3)n2-c2ccccc2)cc1. The second kappa shape index (κ2) is 14.3. The summed E-state index contributed by atoms with van der Waals surface area (Å²) < 4.78 is 9.29. The third-order valence-electron chi connectivity index (χ3n) is 7.40. The molecule has 10 heteroatoms. The topological polar surface area (TPSA) is 81.9 Å². The highest BCUT2D eigenvalue weighted by atomic mass is 32.2. The highest BCUT2D eigenvalue weighted by molar-refractivity contribution is 8.01. The van der Waals surface area contributed by atoms with Gasteiger partial charge in [0, 0.05) is 16.9 Å². The van der Waals surface area contributed by atoms with Crippen molar-refractivity contribution in [2.75, 3.05) is 18.2 Å². The predicted molar refractivity (Wildman–Crippen MR) is 193 cm³/mol. The van der Waals surface area contributed by atoms with Crippen LogP contribution in [0, 0.1) is 0 Å². The van der Waals surface area contributed by atoms with Crippen LogP contribution in [0.25, 0.3) is 27.3 Å². The van der Waals surface area contributed by atoms with Crippen LogP contribution in [-0.2, 0) is 4.79 Å². The Balaban J connectivity index is 1.06. The van der Waals surface area contributed by atoms with E-state index in [1.165, 1.54) is 22.9 Å². The van der Waals surface area contributed by atoms with Crippen molar-refractivity contribution in [3.8, 4) is 22.8 Å². The minimum Gasteiger partial charge on any atom is -0.497 e. The number of amides is 1. The molecule has 1 N–H and O–H groups in total. The van der Waals surface area contributed by atoms with Crippen LogP contribution < -0.4 is 10.1 Å². The Morgan fingerprint density at radius 3 is 2.15 bits per heavy atom. The van der Waals surface area contributed by atoms with E-state index in [4.69, 9.17) is 9.72 Å². The summed E-state index contributed by atoms with van der Waals surface area (Å²) in [6, 6.07) is 44.5. The number of para-hydroxylation sites is 1. The number of fused-ring (bicyclic) bond motifs is 1. The van der Waals surface area contributed by atoms with Crippen molar-refractivity contribution in [3.05, 3.63) is 145 Å². The standard InChI is InChI=1S/C37H29N5O2S3/c1-44-30-20-17-27(18-21-30)35-40-41-36(42(35)29-15-9-4-10-16-29)45-24-33(43)38-28-19-22-31-32(23-28)46-37(39-31)47-34(25-11-5-2-6-12-25)26-13-7-3-8-14-26/h2-23,34H,24H2,1H3,(H,38,43). The van der Waals surface area contributed by atoms with Crippen molar-refractivity contribution in [1.29, 1.82) is 0 Å². The number of hydrogen-bond donors (Lipinski definition) is 1. The first-order chi connectivity index (χ1) is 23.1.